The van der Waals surface area contributed by atoms with E-state index in [2.05, 4.69) is 35.9 Å². The van der Waals surface area contributed by atoms with Gasteiger partial charge in [0.15, 0.2) is 0 Å². The summed E-state index contributed by atoms with van der Waals surface area (Å²) in [6.45, 7) is 4.10. The Kier molecular flexibility index (Phi) is 6.50. The Hall–Kier alpha value is -0.626. The van der Waals surface area contributed by atoms with Crippen molar-refractivity contribution < 1.29 is 12.7 Å². The van der Waals surface area contributed by atoms with Crippen molar-refractivity contribution in [3.63, 3.8) is 0 Å². The summed E-state index contributed by atoms with van der Waals surface area (Å²) in [5, 5.41) is 0. The van der Waals surface area contributed by atoms with Crippen molar-refractivity contribution in [2.45, 2.75) is 13.8 Å². The fourth-order valence-electron chi connectivity index (χ4n) is 1.47. The maximum atomic E-state index is 4.70. The SMILES string of the molecule is Cc1cccnc1-c1ncccc1C.[Cl][Ni][Cl]. The van der Waals surface area contributed by atoms with Crippen LogP contribution in [0.5, 0.6) is 0 Å². The van der Waals surface area contributed by atoms with E-state index < -0.39 is 0 Å². The van der Waals surface area contributed by atoms with Crippen molar-refractivity contribution in [3.05, 3.63) is 47.8 Å². The summed E-state index contributed by atoms with van der Waals surface area (Å²) in [7, 11) is 9.40. The van der Waals surface area contributed by atoms with Gasteiger partial charge in [-0.2, -0.15) is 0 Å². The van der Waals surface area contributed by atoms with Gasteiger partial charge in [-0.1, -0.05) is 12.1 Å². The van der Waals surface area contributed by atoms with Crippen LogP contribution < -0.4 is 0 Å². The van der Waals surface area contributed by atoms with E-state index in [4.69, 9.17) is 20.4 Å². The van der Waals surface area contributed by atoms with Crippen LogP contribution in [0.25, 0.3) is 11.4 Å². The molecule has 17 heavy (non-hydrogen) atoms. The number of halogens is 2. The summed E-state index contributed by atoms with van der Waals surface area (Å²) in [4.78, 5) is 8.69. The molecular weight excluding hydrogens is 302 g/mol. The van der Waals surface area contributed by atoms with Gasteiger partial charge >= 0.3 is 33.0 Å². The first kappa shape index (κ1) is 14.4. The van der Waals surface area contributed by atoms with E-state index in [1.54, 1.807) is 12.4 Å². The van der Waals surface area contributed by atoms with Gasteiger partial charge in [-0.15, -0.1) is 0 Å². The van der Waals surface area contributed by atoms with Gasteiger partial charge in [0.25, 0.3) is 0 Å². The summed E-state index contributed by atoms with van der Waals surface area (Å²) in [6, 6.07) is 7.99. The van der Waals surface area contributed by atoms with Crippen LogP contribution in [-0.4, -0.2) is 9.97 Å². The zero-order chi connectivity index (χ0) is 12.7. The van der Waals surface area contributed by atoms with E-state index in [0.29, 0.717) is 12.7 Å². The molecule has 94 valence electrons. The zero-order valence-electron chi connectivity index (χ0n) is 9.43. The monoisotopic (exact) mass is 312 g/mol. The van der Waals surface area contributed by atoms with Gasteiger partial charge in [0, 0.05) is 12.4 Å². The molecule has 0 aromatic carbocycles. The molecule has 0 bridgehead atoms. The molecule has 0 fully saturated rings. The molecule has 2 heterocycles. The minimum atomic E-state index is 0.569. The summed E-state index contributed by atoms with van der Waals surface area (Å²) >= 11 is 0.569. The second-order valence-electron chi connectivity index (χ2n) is 3.38. The molecule has 0 spiro atoms. The van der Waals surface area contributed by atoms with Crippen LogP contribution in [-0.2, 0) is 12.7 Å². The summed E-state index contributed by atoms with van der Waals surface area (Å²) in [5.41, 5.74) is 4.28. The molecule has 0 radical (unpaired) electrons. The number of rotatable bonds is 1. The van der Waals surface area contributed by atoms with Crippen molar-refractivity contribution in [1.82, 2.24) is 9.97 Å². The molecule has 2 aromatic heterocycles. The van der Waals surface area contributed by atoms with Gasteiger partial charge in [0.2, 0.25) is 0 Å². The molecule has 2 aromatic rings. The summed E-state index contributed by atoms with van der Waals surface area (Å²) in [6.07, 6.45) is 3.60. The van der Waals surface area contributed by atoms with E-state index in [1.165, 1.54) is 0 Å². The Balaban J connectivity index is 0.000000437. The van der Waals surface area contributed by atoms with E-state index in [1.807, 2.05) is 12.1 Å². The molecule has 0 atom stereocenters. The van der Waals surface area contributed by atoms with E-state index in [9.17, 15) is 0 Å². The third kappa shape index (κ3) is 4.27. The van der Waals surface area contributed by atoms with Crippen molar-refractivity contribution in [1.29, 1.82) is 0 Å². The van der Waals surface area contributed by atoms with Crippen LogP contribution >= 0.6 is 20.4 Å². The van der Waals surface area contributed by atoms with Crippen molar-refractivity contribution in [2.75, 3.05) is 0 Å². The van der Waals surface area contributed by atoms with Gasteiger partial charge in [0.1, 0.15) is 0 Å². The van der Waals surface area contributed by atoms with Crippen LogP contribution in [0.2, 0.25) is 0 Å². The normalized spacial score (nSPS) is 9.65. The van der Waals surface area contributed by atoms with Crippen LogP contribution in [0, 0.1) is 13.8 Å². The molecule has 0 aliphatic carbocycles. The first-order valence-corrected chi connectivity index (χ1v) is 7.58. The number of aryl methyl sites for hydroxylation is 2. The molecule has 0 aliphatic rings. The van der Waals surface area contributed by atoms with Crippen LogP contribution in [0.15, 0.2) is 36.7 Å². The first-order valence-electron chi connectivity index (χ1n) is 4.86. The first-order chi connectivity index (χ1) is 8.20. The fraction of sp³-hybridized carbons (Fsp3) is 0.167. The topological polar surface area (TPSA) is 25.8 Å². The van der Waals surface area contributed by atoms with Gasteiger partial charge in [0.05, 0.1) is 11.4 Å². The minimum absolute atomic E-state index is 0.569. The Labute approximate surface area is 116 Å². The third-order valence-electron chi connectivity index (χ3n) is 2.24. The fourth-order valence-corrected chi connectivity index (χ4v) is 1.47. The number of hydrogen-bond acceptors (Lipinski definition) is 2. The molecule has 0 aliphatic heterocycles. The molecule has 0 amide bonds. The molecule has 0 saturated carbocycles. The standard InChI is InChI=1S/C12H12N2.2ClH.Ni/c1-9-5-3-7-13-11(9)12-10(2)6-4-8-14-12;;;/h3-8H,1-2H3;2*1H;/q;;;+2/p-2. The Morgan fingerprint density at radius 1 is 0.882 bits per heavy atom. The van der Waals surface area contributed by atoms with Gasteiger partial charge in [-0.3, -0.25) is 9.97 Å². The van der Waals surface area contributed by atoms with Crippen molar-refractivity contribution in [2.24, 2.45) is 0 Å². The predicted octanol–water partition coefficient (Wildman–Crippen LogP) is 4.14. The summed E-state index contributed by atoms with van der Waals surface area (Å²) in [5.74, 6) is 0. The Bertz CT molecular complexity index is 434. The van der Waals surface area contributed by atoms with E-state index >= 15 is 0 Å². The number of pyridine rings is 2. The van der Waals surface area contributed by atoms with Crippen molar-refractivity contribution >= 4 is 20.4 Å². The second-order valence-corrected chi connectivity index (χ2v) is 5.01. The third-order valence-corrected chi connectivity index (χ3v) is 2.24. The number of aromatic nitrogens is 2. The number of hydrogen-bond donors (Lipinski definition) is 0. The molecule has 0 N–H and O–H groups in total. The van der Waals surface area contributed by atoms with Crippen molar-refractivity contribution in [3.8, 4) is 11.4 Å². The molecule has 0 saturated heterocycles. The quantitative estimate of drug-likeness (QED) is 0.740. The van der Waals surface area contributed by atoms with Gasteiger partial charge in [-0.25, -0.2) is 0 Å². The second kappa shape index (κ2) is 7.65. The molecule has 2 rings (SSSR count). The Morgan fingerprint density at radius 3 is 1.53 bits per heavy atom. The molecular formula is C12H12Cl2N2Ni. The molecule has 2 nitrogen and oxygen atoms in total. The number of nitrogens with zero attached hydrogens (tertiary/aromatic N) is 2. The van der Waals surface area contributed by atoms with E-state index in [0.717, 1.165) is 22.5 Å². The van der Waals surface area contributed by atoms with Gasteiger partial charge in [-0.05, 0) is 37.1 Å². The van der Waals surface area contributed by atoms with Gasteiger partial charge < -0.3 is 0 Å². The zero-order valence-corrected chi connectivity index (χ0v) is 11.9. The average molecular weight is 314 g/mol. The Morgan fingerprint density at radius 2 is 1.24 bits per heavy atom. The summed E-state index contributed by atoms with van der Waals surface area (Å²) < 4.78 is 0. The average Bonchev–Trinajstić information content (AvgIpc) is 2.32. The van der Waals surface area contributed by atoms with Crippen LogP contribution in [0.1, 0.15) is 11.1 Å². The molecule has 0 unspecified atom stereocenters. The van der Waals surface area contributed by atoms with Crippen LogP contribution in [0.3, 0.4) is 0 Å². The van der Waals surface area contributed by atoms with Crippen LogP contribution in [0.4, 0.5) is 0 Å². The maximum absolute atomic E-state index is 4.70. The predicted molar refractivity (Wildman–Crippen MR) is 68.6 cm³/mol. The van der Waals surface area contributed by atoms with E-state index in [-0.39, 0.29) is 0 Å². The molecule has 5 heteroatoms.